The highest BCUT2D eigenvalue weighted by atomic mass is 32.1. The predicted molar refractivity (Wildman–Crippen MR) is 152 cm³/mol. The summed E-state index contributed by atoms with van der Waals surface area (Å²) in [6.45, 7) is 3.92. The van der Waals surface area contributed by atoms with Gasteiger partial charge in [-0.25, -0.2) is 4.98 Å². The molecule has 3 aromatic carbocycles. The number of fused-ring (bicyclic) bond motifs is 3. The first kappa shape index (κ1) is 22.1. The first-order valence-electron chi connectivity index (χ1n) is 12.0. The van der Waals surface area contributed by atoms with Gasteiger partial charge in [-0.2, -0.15) is 0 Å². The van der Waals surface area contributed by atoms with Gasteiger partial charge in [0.1, 0.15) is 5.01 Å². The van der Waals surface area contributed by atoms with Crippen molar-refractivity contribution in [2.75, 3.05) is 0 Å². The lowest BCUT2D eigenvalue weighted by molar-refractivity contribution is 0.0990. The van der Waals surface area contributed by atoms with Crippen LogP contribution in [-0.2, 0) is 0 Å². The summed E-state index contributed by atoms with van der Waals surface area (Å²) in [6, 6.07) is 26.2. The third-order valence-corrected chi connectivity index (χ3v) is 9.22. The van der Waals surface area contributed by atoms with Crippen molar-refractivity contribution < 1.29 is 9.59 Å². The smallest absolute Gasteiger partial charge is 0.197 e. The Balaban J connectivity index is 1.40. The zero-order valence-corrected chi connectivity index (χ0v) is 21.7. The molecular formula is C31H20N2O2S2. The molecular weight excluding hydrogens is 496 g/mol. The van der Waals surface area contributed by atoms with Crippen LogP contribution in [0.4, 0.5) is 0 Å². The maximum Gasteiger partial charge on any atom is 0.197 e. The number of carbonyl (C=O) groups excluding carboxylic acids is 2. The lowest BCUT2D eigenvalue weighted by Gasteiger charge is -2.07. The first-order chi connectivity index (χ1) is 18.0. The third kappa shape index (κ3) is 3.44. The summed E-state index contributed by atoms with van der Waals surface area (Å²) in [6.07, 6.45) is 1.73. The second kappa shape index (κ2) is 8.20. The van der Waals surface area contributed by atoms with E-state index in [4.69, 9.17) is 4.98 Å². The highest BCUT2D eigenvalue weighted by molar-refractivity contribution is 7.28. The van der Waals surface area contributed by atoms with Crippen LogP contribution in [-0.4, -0.2) is 21.1 Å². The van der Waals surface area contributed by atoms with Crippen molar-refractivity contribution >= 4 is 60.7 Å². The van der Waals surface area contributed by atoms with Gasteiger partial charge in [0, 0.05) is 21.5 Å². The van der Waals surface area contributed by atoms with E-state index in [1.807, 2.05) is 73.0 Å². The second-order valence-electron chi connectivity index (χ2n) is 9.29. The van der Waals surface area contributed by atoms with Crippen LogP contribution in [0.3, 0.4) is 0 Å². The van der Waals surface area contributed by atoms with E-state index < -0.39 is 0 Å². The highest BCUT2D eigenvalue weighted by Gasteiger charge is 2.34. The molecule has 0 saturated heterocycles. The van der Waals surface area contributed by atoms with Crippen LogP contribution in [0.25, 0.3) is 42.1 Å². The number of para-hydroxylation sites is 1. The van der Waals surface area contributed by atoms with Crippen LogP contribution in [0.1, 0.15) is 37.5 Å². The average Bonchev–Trinajstić information content (AvgIpc) is 3.64. The maximum absolute atomic E-state index is 13.3. The predicted octanol–water partition coefficient (Wildman–Crippen LogP) is 8.05. The quantitative estimate of drug-likeness (QED) is 0.177. The van der Waals surface area contributed by atoms with E-state index in [0.717, 1.165) is 42.7 Å². The van der Waals surface area contributed by atoms with Crippen LogP contribution >= 0.6 is 22.7 Å². The second-order valence-corrected chi connectivity index (χ2v) is 11.4. The topological polar surface area (TPSA) is 52.0 Å². The van der Waals surface area contributed by atoms with Gasteiger partial charge in [0.05, 0.1) is 20.8 Å². The van der Waals surface area contributed by atoms with Crippen LogP contribution in [0, 0.1) is 13.8 Å². The molecule has 6 heteroatoms. The maximum atomic E-state index is 13.3. The summed E-state index contributed by atoms with van der Waals surface area (Å²) in [5.41, 5.74) is 5.71. The van der Waals surface area contributed by atoms with Crippen molar-refractivity contribution in [2.45, 2.75) is 13.8 Å². The number of hydrogen-bond acceptors (Lipinski definition) is 5. The minimum Gasteiger partial charge on any atom is -0.294 e. The third-order valence-electron chi connectivity index (χ3n) is 6.94. The van der Waals surface area contributed by atoms with E-state index >= 15 is 0 Å². The van der Waals surface area contributed by atoms with Crippen LogP contribution in [0.15, 0.2) is 84.4 Å². The summed E-state index contributed by atoms with van der Waals surface area (Å²) >= 11 is 3.36. The van der Waals surface area contributed by atoms with E-state index in [-0.39, 0.29) is 17.1 Å². The summed E-state index contributed by atoms with van der Waals surface area (Å²) in [5.74, 6) is -0.433. The Morgan fingerprint density at radius 3 is 2.14 bits per heavy atom. The molecule has 0 radical (unpaired) electrons. The number of benzene rings is 3. The summed E-state index contributed by atoms with van der Waals surface area (Å²) in [5, 5.41) is 2.17. The molecule has 0 N–H and O–H groups in total. The molecule has 7 rings (SSSR count). The van der Waals surface area contributed by atoms with Crippen molar-refractivity contribution in [1.29, 1.82) is 0 Å². The lowest BCUT2D eigenvalue weighted by Crippen LogP contribution is -2.03. The minimum atomic E-state index is -0.216. The zero-order valence-electron chi connectivity index (χ0n) is 20.1. The number of aryl methyl sites for hydroxylation is 2. The van der Waals surface area contributed by atoms with Gasteiger partial charge in [0.15, 0.2) is 17.2 Å². The Hall–Kier alpha value is -4.13. The molecule has 0 amide bonds. The van der Waals surface area contributed by atoms with Crippen molar-refractivity contribution in [1.82, 2.24) is 9.55 Å². The van der Waals surface area contributed by atoms with Crippen LogP contribution in [0.2, 0.25) is 0 Å². The number of rotatable bonds is 3. The number of carbonyl (C=O) groups is 2. The zero-order chi connectivity index (χ0) is 25.3. The number of nitrogens with zero attached hydrogens (tertiary/aromatic N) is 2. The summed E-state index contributed by atoms with van der Waals surface area (Å²) in [4.78, 5) is 32.8. The fourth-order valence-electron chi connectivity index (χ4n) is 4.91. The monoisotopic (exact) mass is 516 g/mol. The van der Waals surface area contributed by atoms with Gasteiger partial charge in [-0.15, -0.1) is 22.7 Å². The van der Waals surface area contributed by atoms with Crippen molar-refractivity contribution in [3.8, 4) is 15.6 Å². The van der Waals surface area contributed by atoms with Gasteiger partial charge in [-0.1, -0.05) is 36.4 Å². The lowest BCUT2D eigenvalue weighted by atomic mass is 10.0. The first-order valence-corrected chi connectivity index (χ1v) is 13.6. The van der Waals surface area contributed by atoms with Gasteiger partial charge in [0.25, 0.3) is 0 Å². The van der Waals surface area contributed by atoms with Crippen molar-refractivity contribution in [2.24, 2.45) is 0 Å². The van der Waals surface area contributed by atoms with E-state index in [9.17, 15) is 9.59 Å². The van der Waals surface area contributed by atoms with Crippen molar-refractivity contribution in [3.05, 3.63) is 112 Å². The number of aromatic nitrogens is 2. The van der Waals surface area contributed by atoms with Crippen LogP contribution < -0.4 is 0 Å². The van der Waals surface area contributed by atoms with E-state index in [1.54, 1.807) is 28.7 Å². The molecule has 37 heavy (non-hydrogen) atoms. The molecule has 0 fully saturated rings. The van der Waals surface area contributed by atoms with E-state index in [0.29, 0.717) is 11.1 Å². The molecule has 0 atom stereocenters. The molecule has 178 valence electrons. The number of hydrogen-bond donors (Lipinski definition) is 0. The fourth-order valence-corrected chi connectivity index (χ4v) is 7.02. The Bertz CT molecular complexity index is 1860. The molecule has 4 nitrogen and oxygen atoms in total. The largest absolute Gasteiger partial charge is 0.294 e. The molecule has 0 bridgehead atoms. The number of Topliss-reactive ketones (excluding diaryl/α,β-unsaturated/α-hetero) is 2. The average molecular weight is 517 g/mol. The van der Waals surface area contributed by atoms with E-state index in [1.165, 1.54) is 10.1 Å². The van der Waals surface area contributed by atoms with Gasteiger partial charge < -0.3 is 0 Å². The van der Waals surface area contributed by atoms with Gasteiger partial charge in [0.2, 0.25) is 0 Å². The molecule has 0 saturated carbocycles. The molecule has 3 heterocycles. The van der Waals surface area contributed by atoms with Crippen LogP contribution in [0.5, 0.6) is 0 Å². The standard InChI is InChI=1S/C31H20N2O2S2/c1-17-12-22-23(13-18(17)2)29(35)24(28(22)34)15-21-16-26-30(33(21)20-9-4-3-5-10-20)32-31(37-26)27-14-19-8-6-7-11-25(19)36-27/h3-16H,1-2H3. The minimum absolute atomic E-state index is 0.201. The Labute approximate surface area is 221 Å². The Morgan fingerprint density at radius 1 is 0.757 bits per heavy atom. The molecule has 0 aliphatic heterocycles. The molecule has 3 aromatic heterocycles. The van der Waals surface area contributed by atoms with Gasteiger partial charge in [-0.3, -0.25) is 14.2 Å². The summed E-state index contributed by atoms with van der Waals surface area (Å²) in [7, 11) is 0. The number of allylic oxidation sites excluding steroid dienone is 1. The fraction of sp³-hybridized carbons (Fsp3) is 0.0645. The highest BCUT2D eigenvalue weighted by Crippen LogP contribution is 2.40. The molecule has 1 aliphatic rings. The molecule has 1 aliphatic carbocycles. The molecule has 0 unspecified atom stereocenters. The number of thiophene rings is 1. The van der Waals surface area contributed by atoms with Gasteiger partial charge >= 0.3 is 0 Å². The normalized spacial score (nSPS) is 13.2. The molecule has 0 spiro atoms. The van der Waals surface area contributed by atoms with Crippen molar-refractivity contribution in [3.63, 3.8) is 0 Å². The number of thiazole rings is 1. The summed E-state index contributed by atoms with van der Waals surface area (Å²) < 4.78 is 4.28. The Morgan fingerprint density at radius 2 is 1.43 bits per heavy atom. The van der Waals surface area contributed by atoms with Gasteiger partial charge in [-0.05, 0) is 78.9 Å². The SMILES string of the molecule is Cc1cc2c(cc1C)C(=O)C(=Cc1cc3sc(-c4cc5ccccc5s4)nc3n1-c1ccccc1)C2=O. The van der Waals surface area contributed by atoms with E-state index in [2.05, 4.69) is 24.3 Å². The number of ketones is 2. The Kier molecular flexibility index (Phi) is 4.90. The molecule has 6 aromatic rings.